The first kappa shape index (κ1) is 17.3. The van der Waals surface area contributed by atoms with Crippen LogP contribution in [0.1, 0.15) is 58.8 Å². The first-order valence-corrected chi connectivity index (χ1v) is 8.97. The van der Waals surface area contributed by atoms with Crippen LogP contribution in [-0.2, 0) is 9.59 Å². The fourth-order valence-corrected chi connectivity index (χ4v) is 3.79. The fraction of sp³-hybridized carbons (Fsp3) is 0.882. The van der Waals surface area contributed by atoms with Crippen molar-refractivity contribution < 1.29 is 9.59 Å². The Morgan fingerprint density at radius 1 is 1.05 bits per heavy atom. The summed E-state index contributed by atoms with van der Waals surface area (Å²) >= 11 is 0. The lowest BCUT2D eigenvalue weighted by molar-refractivity contribution is -0.138. The van der Waals surface area contributed by atoms with Crippen LogP contribution in [0, 0.1) is 0 Å². The topological polar surface area (TPSA) is 52.7 Å². The molecule has 2 rings (SSSR count). The van der Waals surface area contributed by atoms with Crippen molar-refractivity contribution in [2.75, 3.05) is 26.2 Å². The Morgan fingerprint density at radius 2 is 1.73 bits per heavy atom. The van der Waals surface area contributed by atoms with E-state index in [9.17, 15) is 9.59 Å². The molecule has 0 aromatic rings. The first-order valence-electron chi connectivity index (χ1n) is 8.97. The van der Waals surface area contributed by atoms with E-state index in [0.717, 1.165) is 58.3 Å². The van der Waals surface area contributed by atoms with Gasteiger partial charge in [0, 0.05) is 44.6 Å². The van der Waals surface area contributed by atoms with Crippen LogP contribution in [0.5, 0.6) is 0 Å². The quantitative estimate of drug-likeness (QED) is 0.780. The molecular weight excluding hydrogens is 278 g/mol. The molecule has 0 aliphatic carbocycles. The third-order valence-corrected chi connectivity index (χ3v) is 4.83. The van der Waals surface area contributed by atoms with E-state index in [2.05, 4.69) is 24.1 Å². The van der Waals surface area contributed by atoms with Crippen LogP contribution >= 0.6 is 0 Å². The van der Waals surface area contributed by atoms with Gasteiger partial charge in [-0.15, -0.1) is 0 Å². The molecule has 0 radical (unpaired) electrons. The molecule has 5 nitrogen and oxygen atoms in total. The number of amides is 2. The number of carbonyl (C=O) groups is 2. The molecular formula is C17H31N3O2. The highest BCUT2D eigenvalue weighted by Gasteiger charge is 2.37. The lowest BCUT2D eigenvalue weighted by Gasteiger charge is -2.28. The molecule has 2 heterocycles. The average molecular weight is 309 g/mol. The fourth-order valence-electron chi connectivity index (χ4n) is 3.79. The number of fused-ring (bicyclic) bond motifs is 2. The molecule has 2 aliphatic rings. The van der Waals surface area contributed by atoms with Crippen molar-refractivity contribution in [1.82, 2.24) is 15.1 Å². The molecule has 2 fully saturated rings. The first-order chi connectivity index (χ1) is 10.7. The second-order valence-electron chi connectivity index (χ2n) is 6.56. The Bertz CT molecular complexity index is 366. The minimum Gasteiger partial charge on any atom is -0.343 e. The summed E-state index contributed by atoms with van der Waals surface area (Å²) in [6.45, 7) is 7.70. The Kier molecular flexibility index (Phi) is 6.68. The lowest BCUT2D eigenvalue weighted by atomic mass is 10.1. The van der Waals surface area contributed by atoms with Crippen molar-refractivity contribution in [2.45, 2.75) is 70.9 Å². The van der Waals surface area contributed by atoms with Crippen molar-refractivity contribution in [1.29, 1.82) is 0 Å². The zero-order valence-electron chi connectivity index (χ0n) is 14.1. The third kappa shape index (κ3) is 4.22. The Balaban J connectivity index is 1.85. The number of nitrogens with one attached hydrogen (secondary N) is 1. The van der Waals surface area contributed by atoms with Crippen molar-refractivity contribution in [3.63, 3.8) is 0 Å². The summed E-state index contributed by atoms with van der Waals surface area (Å²) in [6, 6.07) is 0.738. The van der Waals surface area contributed by atoms with Crippen LogP contribution in [0.2, 0.25) is 0 Å². The van der Waals surface area contributed by atoms with Gasteiger partial charge in [-0.3, -0.25) is 9.59 Å². The highest BCUT2D eigenvalue weighted by atomic mass is 16.2. The molecule has 0 aromatic heterocycles. The maximum absolute atomic E-state index is 12.6. The molecule has 2 aliphatic heterocycles. The van der Waals surface area contributed by atoms with Crippen LogP contribution in [0.4, 0.5) is 0 Å². The van der Waals surface area contributed by atoms with Crippen LogP contribution in [0.3, 0.4) is 0 Å². The van der Waals surface area contributed by atoms with Crippen molar-refractivity contribution in [3.8, 4) is 0 Å². The molecule has 2 atom stereocenters. The molecule has 2 amide bonds. The van der Waals surface area contributed by atoms with E-state index in [4.69, 9.17) is 0 Å². The Hall–Kier alpha value is -1.10. The van der Waals surface area contributed by atoms with E-state index in [0.29, 0.717) is 24.9 Å². The minimum atomic E-state index is 0.136. The molecule has 126 valence electrons. The molecule has 22 heavy (non-hydrogen) atoms. The smallest absolute Gasteiger partial charge is 0.223 e. The molecule has 1 N–H and O–H groups in total. The highest BCUT2D eigenvalue weighted by Crippen LogP contribution is 2.28. The minimum absolute atomic E-state index is 0.136. The maximum Gasteiger partial charge on any atom is 0.223 e. The van der Waals surface area contributed by atoms with Crippen molar-refractivity contribution in [3.05, 3.63) is 0 Å². The monoisotopic (exact) mass is 309 g/mol. The predicted octanol–water partition coefficient (Wildman–Crippen LogP) is 1.77. The van der Waals surface area contributed by atoms with Gasteiger partial charge in [-0.2, -0.15) is 0 Å². The van der Waals surface area contributed by atoms with Crippen LogP contribution in [0.15, 0.2) is 0 Å². The van der Waals surface area contributed by atoms with Gasteiger partial charge in [-0.25, -0.2) is 0 Å². The number of hydrogen-bond acceptors (Lipinski definition) is 3. The molecule has 2 bridgehead atoms. The van der Waals surface area contributed by atoms with Gasteiger partial charge in [0.2, 0.25) is 11.8 Å². The summed E-state index contributed by atoms with van der Waals surface area (Å²) in [5.74, 6) is 0.315. The molecule has 2 saturated heterocycles. The zero-order valence-corrected chi connectivity index (χ0v) is 14.1. The second-order valence-corrected chi connectivity index (χ2v) is 6.56. The third-order valence-electron chi connectivity index (χ3n) is 4.83. The lowest BCUT2D eigenvalue weighted by Crippen LogP contribution is -2.43. The molecule has 0 spiro atoms. The van der Waals surface area contributed by atoms with E-state index >= 15 is 0 Å². The van der Waals surface area contributed by atoms with Crippen LogP contribution in [0.25, 0.3) is 0 Å². The zero-order chi connectivity index (χ0) is 15.9. The molecule has 0 aromatic carbocycles. The van der Waals surface area contributed by atoms with Gasteiger partial charge in [0.25, 0.3) is 0 Å². The SMILES string of the molecule is CCCN(CCC)C(=O)CCC(=O)N1C2CCNCC1CC2. The molecule has 5 heteroatoms. The van der Waals surface area contributed by atoms with E-state index in [1.165, 1.54) is 0 Å². The van der Waals surface area contributed by atoms with E-state index in [-0.39, 0.29) is 11.8 Å². The number of carbonyl (C=O) groups excluding carboxylic acids is 2. The second kappa shape index (κ2) is 8.51. The van der Waals surface area contributed by atoms with Gasteiger partial charge in [0.05, 0.1) is 0 Å². The standard InChI is InChI=1S/C17H31N3O2/c1-3-11-19(12-4-2)16(21)7-8-17(22)20-14-5-6-15(20)13-18-10-9-14/h14-15,18H,3-13H2,1-2H3. The van der Waals surface area contributed by atoms with Gasteiger partial charge >= 0.3 is 0 Å². The van der Waals surface area contributed by atoms with E-state index in [1.807, 2.05) is 4.90 Å². The number of hydrogen-bond donors (Lipinski definition) is 1. The predicted molar refractivity (Wildman–Crippen MR) is 87.5 cm³/mol. The van der Waals surface area contributed by atoms with Crippen molar-refractivity contribution in [2.24, 2.45) is 0 Å². The molecule has 2 unspecified atom stereocenters. The molecule has 0 saturated carbocycles. The summed E-state index contributed by atoms with van der Waals surface area (Å²) < 4.78 is 0. The van der Waals surface area contributed by atoms with Gasteiger partial charge in [-0.1, -0.05) is 13.8 Å². The number of rotatable bonds is 7. The van der Waals surface area contributed by atoms with Crippen LogP contribution in [-0.4, -0.2) is 59.9 Å². The maximum atomic E-state index is 12.6. The van der Waals surface area contributed by atoms with E-state index < -0.39 is 0 Å². The largest absolute Gasteiger partial charge is 0.343 e. The van der Waals surface area contributed by atoms with Gasteiger partial charge in [0.1, 0.15) is 0 Å². The summed E-state index contributed by atoms with van der Waals surface area (Å²) in [5, 5.41) is 3.41. The average Bonchev–Trinajstić information content (AvgIpc) is 2.77. The van der Waals surface area contributed by atoms with Gasteiger partial charge in [0.15, 0.2) is 0 Å². The van der Waals surface area contributed by atoms with Crippen molar-refractivity contribution >= 4 is 11.8 Å². The number of nitrogens with zero attached hydrogens (tertiary/aromatic N) is 2. The van der Waals surface area contributed by atoms with Crippen LogP contribution < -0.4 is 5.32 Å². The normalized spacial score (nSPS) is 24.2. The summed E-state index contributed by atoms with van der Waals surface area (Å²) in [5.41, 5.74) is 0. The summed E-state index contributed by atoms with van der Waals surface area (Å²) in [7, 11) is 0. The van der Waals surface area contributed by atoms with Gasteiger partial charge < -0.3 is 15.1 Å². The van der Waals surface area contributed by atoms with Gasteiger partial charge in [-0.05, 0) is 38.6 Å². The Labute approximate surface area is 134 Å². The van der Waals surface area contributed by atoms with E-state index in [1.54, 1.807) is 0 Å². The summed E-state index contributed by atoms with van der Waals surface area (Å²) in [4.78, 5) is 28.9. The Morgan fingerprint density at radius 3 is 2.41 bits per heavy atom. The summed E-state index contributed by atoms with van der Waals surface area (Å²) in [6.07, 6.45) is 5.97. The highest BCUT2D eigenvalue weighted by molar-refractivity contribution is 5.84.